The topological polar surface area (TPSA) is 76.3 Å². The fraction of sp³-hybridized carbons (Fsp3) is 0.333. The molecule has 6 heteroatoms. The standard InChI is InChI=1S/C12H13N3O2S/c1-3-12(2,11(13)18)15-9(16)7-4-5-14-6-8(7)10(15)17/h4-6H,3H2,1-2H3,(H2,13,18). The first-order valence-electron chi connectivity index (χ1n) is 5.56. The van der Waals surface area contributed by atoms with E-state index in [-0.39, 0.29) is 16.8 Å². The molecule has 1 aliphatic heterocycles. The van der Waals surface area contributed by atoms with Crippen molar-refractivity contribution in [3.8, 4) is 0 Å². The first-order valence-corrected chi connectivity index (χ1v) is 5.97. The molecule has 1 atom stereocenters. The number of carbonyl (C=O) groups is 2. The van der Waals surface area contributed by atoms with Crippen LogP contribution in [0.2, 0.25) is 0 Å². The molecule has 0 spiro atoms. The predicted molar refractivity (Wildman–Crippen MR) is 70.2 cm³/mol. The van der Waals surface area contributed by atoms with Crippen molar-refractivity contribution >= 4 is 29.0 Å². The molecule has 18 heavy (non-hydrogen) atoms. The number of nitrogens with zero attached hydrogens (tertiary/aromatic N) is 2. The van der Waals surface area contributed by atoms with Crippen molar-refractivity contribution in [3.63, 3.8) is 0 Å². The molecule has 94 valence electrons. The number of hydrogen-bond acceptors (Lipinski definition) is 4. The summed E-state index contributed by atoms with van der Waals surface area (Å²) in [6.45, 7) is 3.53. The van der Waals surface area contributed by atoms with Gasteiger partial charge in [0.2, 0.25) is 0 Å². The molecule has 0 bridgehead atoms. The lowest BCUT2D eigenvalue weighted by molar-refractivity contribution is 0.0539. The van der Waals surface area contributed by atoms with Gasteiger partial charge in [-0.15, -0.1) is 0 Å². The van der Waals surface area contributed by atoms with Crippen LogP contribution in [0.25, 0.3) is 0 Å². The van der Waals surface area contributed by atoms with Crippen molar-refractivity contribution in [1.82, 2.24) is 9.88 Å². The number of pyridine rings is 1. The number of carbonyl (C=O) groups excluding carboxylic acids is 2. The van der Waals surface area contributed by atoms with Crippen LogP contribution in [-0.4, -0.2) is 32.2 Å². The summed E-state index contributed by atoms with van der Waals surface area (Å²) in [5, 5.41) is 0. The second kappa shape index (κ2) is 4.13. The minimum Gasteiger partial charge on any atom is -0.391 e. The van der Waals surface area contributed by atoms with Gasteiger partial charge in [0.05, 0.1) is 21.7 Å². The molecular formula is C12H13N3O2S. The Bertz CT molecular complexity index is 523. The zero-order valence-corrected chi connectivity index (χ0v) is 11.0. The quantitative estimate of drug-likeness (QED) is 0.653. The van der Waals surface area contributed by atoms with E-state index < -0.39 is 5.54 Å². The van der Waals surface area contributed by atoms with Gasteiger partial charge in [0.25, 0.3) is 11.8 Å². The maximum Gasteiger partial charge on any atom is 0.263 e. The number of fused-ring (bicyclic) bond motifs is 1. The van der Waals surface area contributed by atoms with Crippen LogP contribution >= 0.6 is 12.2 Å². The highest BCUT2D eigenvalue weighted by Gasteiger charge is 2.47. The smallest absolute Gasteiger partial charge is 0.263 e. The van der Waals surface area contributed by atoms with Gasteiger partial charge in [-0.3, -0.25) is 19.5 Å². The van der Waals surface area contributed by atoms with E-state index in [1.807, 2.05) is 6.92 Å². The molecular weight excluding hydrogens is 250 g/mol. The summed E-state index contributed by atoms with van der Waals surface area (Å²) < 4.78 is 0. The highest BCUT2D eigenvalue weighted by molar-refractivity contribution is 7.80. The third-order valence-corrected chi connectivity index (χ3v) is 3.84. The van der Waals surface area contributed by atoms with E-state index in [1.165, 1.54) is 18.5 Å². The lowest BCUT2D eigenvalue weighted by Gasteiger charge is -2.35. The van der Waals surface area contributed by atoms with Crippen LogP contribution in [0.15, 0.2) is 18.5 Å². The van der Waals surface area contributed by atoms with Gasteiger partial charge in [0.1, 0.15) is 0 Å². The van der Waals surface area contributed by atoms with E-state index in [9.17, 15) is 9.59 Å². The predicted octanol–water partition coefficient (Wildman–Crippen LogP) is 1.13. The molecule has 0 saturated heterocycles. The molecule has 0 aromatic carbocycles. The second-order valence-corrected chi connectivity index (χ2v) is 4.80. The molecule has 5 nitrogen and oxygen atoms in total. The maximum absolute atomic E-state index is 12.3. The van der Waals surface area contributed by atoms with E-state index in [1.54, 1.807) is 6.92 Å². The van der Waals surface area contributed by atoms with Gasteiger partial charge >= 0.3 is 0 Å². The van der Waals surface area contributed by atoms with E-state index in [0.29, 0.717) is 17.5 Å². The lowest BCUT2D eigenvalue weighted by Crippen LogP contribution is -2.56. The Labute approximate surface area is 110 Å². The largest absolute Gasteiger partial charge is 0.391 e. The molecule has 0 radical (unpaired) electrons. The number of hydrogen-bond donors (Lipinski definition) is 1. The first-order chi connectivity index (χ1) is 8.43. The highest BCUT2D eigenvalue weighted by Crippen LogP contribution is 2.31. The number of amides is 2. The summed E-state index contributed by atoms with van der Waals surface area (Å²) in [7, 11) is 0. The Hall–Kier alpha value is -1.82. The SMILES string of the molecule is CCC(C)(C(N)=S)N1C(=O)c2ccncc2C1=O. The van der Waals surface area contributed by atoms with Crippen LogP contribution in [0.1, 0.15) is 41.0 Å². The van der Waals surface area contributed by atoms with Crippen LogP contribution in [0.3, 0.4) is 0 Å². The normalized spacial score (nSPS) is 17.6. The van der Waals surface area contributed by atoms with Gasteiger partial charge in [0.15, 0.2) is 0 Å². The average molecular weight is 263 g/mol. The summed E-state index contributed by atoms with van der Waals surface area (Å²) in [6, 6.07) is 1.53. The van der Waals surface area contributed by atoms with Gasteiger partial charge in [-0.25, -0.2) is 0 Å². The first kappa shape index (κ1) is 12.6. The minimum absolute atomic E-state index is 0.132. The molecule has 1 aromatic heterocycles. The minimum atomic E-state index is -0.942. The summed E-state index contributed by atoms with van der Waals surface area (Å²) >= 11 is 5.00. The van der Waals surface area contributed by atoms with Gasteiger partial charge in [0, 0.05) is 12.4 Å². The van der Waals surface area contributed by atoms with Crippen LogP contribution in [0, 0.1) is 0 Å². The van der Waals surface area contributed by atoms with E-state index >= 15 is 0 Å². The number of rotatable bonds is 3. The summed E-state index contributed by atoms with van der Waals surface area (Å²) in [4.78, 5) is 29.7. The Morgan fingerprint density at radius 3 is 2.56 bits per heavy atom. The van der Waals surface area contributed by atoms with E-state index in [4.69, 9.17) is 18.0 Å². The molecule has 1 unspecified atom stereocenters. The van der Waals surface area contributed by atoms with Crippen LogP contribution < -0.4 is 5.73 Å². The number of aromatic nitrogens is 1. The summed E-state index contributed by atoms with van der Waals surface area (Å²) in [5.41, 5.74) is 5.41. The van der Waals surface area contributed by atoms with Gasteiger partial charge in [-0.2, -0.15) is 0 Å². The Morgan fingerprint density at radius 1 is 1.44 bits per heavy atom. The molecule has 0 fully saturated rings. The van der Waals surface area contributed by atoms with E-state index in [2.05, 4.69) is 4.98 Å². The van der Waals surface area contributed by atoms with Crippen molar-refractivity contribution in [2.24, 2.45) is 5.73 Å². The zero-order valence-electron chi connectivity index (χ0n) is 10.1. The molecule has 0 aliphatic carbocycles. The van der Waals surface area contributed by atoms with Crippen LogP contribution in [0.4, 0.5) is 0 Å². The molecule has 1 aliphatic rings. The van der Waals surface area contributed by atoms with Gasteiger partial charge < -0.3 is 5.73 Å². The fourth-order valence-corrected chi connectivity index (χ4v) is 2.21. The molecule has 2 amide bonds. The number of imide groups is 1. The van der Waals surface area contributed by atoms with Crippen molar-refractivity contribution < 1.29 is 9.59 Å². The van der Waals surface area contributed by atoms with Crippen molar-refractivity contribution in [1.29, 1.82) is 0 Å². The van der Waals surface area contributed by atoms with Gasteiger partial charge in [-0.1, -0.05) is 19.1 Å². The lowest BCUT2D eigenvalue weighted by atomic mass is 9.96. The number of thiocarbonyl (C=S) groups is 1. The van der Waals surface area contributed by atoms with E-state index in [0.717, 1.165) is 4.90 Å². The summed E-state index contributed by atoms with van der Waals surface area (Å²) in [6.07, 6.45) is 3.35. The van der Waals surface area contributed by atoms with Gasteiger partial charge in [-0.05, 0) is 19.4 Å². The Balaban J connectivity index is 2.55. The van der Waals surface area contributed by atoms with Crippen molar-refractivity contribution in [3.05, 3.63) is 29.6 Å². The molecule has 2 N–H and O–H groups in total. The van der Waals surface area contributed by atoms with Crippen molar-refractivity contribution in [2.45, 2.75) is 25.8 Å². The third-order valence-electron chi connectivity index (χ3n) is 3.40. The molecule has 1 aromatic rings. The third kappa shape index (κ3) is 1.53. The average Bonchev–Trinajstić information content (AvgIpc) is 2.62. The maximum atomic E-state index is 12.3. The van der Waals surface area contributed by atoms with Crippen LogP contribution in [0.5, 0.6) is 0 Å². The van der Waals surface area contributed by atoms with Crippen LogP contribution in [-0.2, 0) is 0 Å². The van der Waals surface area contributed by atoms with Crippen molar-refractivity contribution in [2.75, 3.05) is 0 Å². The monoisotopic (exact) mass is 263 g/mol. The highest BCUT2D eigenvalue weighted by atomic mass is 32.1. The molecule has 0 saturated carbocycles. The Morgan fingerprint density at radius 2 is 2.06 bits per heavy atom. The Kier molecular flexibility index (Phi) is 2.90. The zero-order chi connectivity index (χ0) is 13.5. The number of nitrogens with two attached hydrogens (primary N) is 1. The summed E-state index contributed by atoms with van der Waals surface area (Å²) in [5.74, 6) is -0.755. The fourth-order valence-electron chi connectivity index (χ4n) is 1.98. The molecule has 2 heterocycles. The molecule has 2 rings (SSSR count). The second-order valence-electron chi connectivity index (χ2n) is 4.36.